The number of hydrogen-bond acceptors (Lipinski definition) is 7. The van der Waals surface area contributed by atoms with Crippen LogP contribution in [0.15, 0.2) is 22.8 Å². The van der Waals surface area contributed by atoms with Gasteiger partial charge in [0.2, 0.25) is 11.8 Å². The van der Waals surface area contributed by atoms with Crippen LogP contribution in [0.5, 0.6) is 0 Å². The topological polar surface area (TPSA) is 135 Å². The quantitative estimate of drug-likeness (QED) is 0.430. The molecule has 1 aromatic carbocycles. The highest BCUT2D eigenvalue weighted by Crippen LogP contribution is 2.43. The molecule has 10 nitrogen and oxygen atoms in total. The minimum atomic E-state index is -2.63. The van der Waals surface area contributed by atoms with Crippen LogP contribution in [0, 0.1) is 12.8 Å². The first kappa shape index (κ1) is 24.3. The zero-order chi connectivity index (χ0) is 25.3. The van der Waals surface area contributed by atoms with Gasteiger partial charge in [0.25, 0.3) is 5.91 Å². The second kappa shape index (κ2) is 9.92. The van der Waals surface area contributed by atoms with E-state index in [1.165, 1.54) is 0 Å². The van der Waals surface area contributed by atoms with Gasteiger partial charge in [-0.2, -0.15) is 0 Å². The molecule has 5 rings (SSSR count). The number of halogens is 2. The van der Waals surface area contributed by atoms with Gasteiger partial charge in [0, 0.05) is 32.4 Å². The lowest BCUT2D eigenvalue weighted by molar-refractivity contribution is -0.133. The molecule has 2 unspecified atom stereocenters. The SMILES string of the molecule is Cc1nonc1C(=O)NC(c1nc2ccc(CNC(=O)CC3CC(F)(F)C3)cc2[nH]1)C1CCCCO1. The number of imidazole rings is 1. The Hall–Kier alpha value is -3.41. The van der Waals surface area contributed by atoms with E-state index in [9.17, 15) is 18.4 Å². The Morgan fingerprint density at radius 3 is 2.78 bits per heavy atom. The number of amides is 2. The van der Waals surface area contributed by atoms with Gasteiger partial charge in [-0.25, -0.2) is 18.4 Å². The lowest BCUT2D eigenvalue weighted by Crippen LogP contribution is -2.40. The Morgan fingerprint density at radius 2 is 2.08 bits per heavy atom. The Kier molecular flexibility index (Phi) is 6.69. The van der Waals surface area contributed by atoms with E-state index in [4.69, 9.17) is 4.74 Å². The van der Waals surface area contributed by atoms with E-state index in [2.05, 4.69) is 35.5 Å². The molecule has 2 aliphatic rings. The summed E-state index contributed by atoms with van der Waals surface area (Å²) < 4.78 is 36.6. The van der Waals surface area contributed by atoms with Crippen molar-refractivity contribution in [1.82, 2.24) is 30.9 Å². The third-order valence-electron chi connectivity index (χ3n) is 6.74. The number of ether oxygens (including phenoxy) is 1. The summed E-state index contributed by atoms with van der Waals surface area (Å²) in [4.78, 5) is 33.0. The second-order valence-corrected chi connectivity index (χ2v) is 9.64. The van der Waals surface area contributed by atoms with E-state index < -0.39 is 17.9 Å². The van der Waals surface area contributed by atoms with Crippen LogP contribution >= 0.6 is 0 Å². The van der Waals surface area contributed by atoms with Gasteiger partial charge in [0.05, 0.1) is 17.1 Å². The Balaban J connectivity index is 1.28. The normalized spacial score (nSPS) is 20.6. The summed E-state index contributed by atoms with van der Waals surface area (Å²) in [5.74, 6) is -3.01. The van der Waals surface area contributed by atoms with Gasteiger partial charge in [0.15, 0.2) is 5.69 Å². The average molecular weight is 503 g/mol. The minimum absolute atomic E-state index is 0.106. The number of H-pyrrole nitrogens is 1. The number of nitrogens with one attached hydrogen (secondary N) is 3. The van der Waals surface area contributed by atoms with Gasteiger partial charge in [-0.05, 0) is 55.0 Å². The van der Waals surface area contributed by atoms with Crippen LogP contribution in [0.3, 0.4) is 0 Å². The standard InChI is InChI=1S/C24H28F2N6O4/c1-13-20(32-36-31-13)23(34)30-21(18-4-2-3-7-35-18)22-28-16-6-5-14(8-17(16)29-22)12-27-19(33)9-15-10-24(25,26)11-15/h5-6,8,15,18,21H,2-4,7,9-12H2,1H3,(H,27,33)(H,28,29)(H,30,34). The average Bonchev–Trinajstić information content (AvgIpc) is 3.46. The first-order valence-corrected chi connectivity index (χ1v) is 12.1. The summed E-state index contributed by atoms with van der Waals surface area (Å²) in [6.45, 7) is 2.52. The molecule has 3 aromatic rings. The summed E-state index contributed by atoms with van der Waals surface area (Å²) >= 11 is 0. The first-order chi connectivity index (χ1) is 17.3. The summed E-state index contributed by atoms with van der Waals surface area (Å²) in [5.41, 5.74) is 2.77. The smallest absolute Gasteiger partial charge is 0.276 e. The van der Waals surface area contributed by atoms with Crippen molar-refractivity contribution in [2.24, 2.45) is 5.92 Å². The summed E-state index contributed by atoms with van der Waals surface area (Å²) in [6, 6.07) is 5.01. The summed E-state index contributed by atoms with van der Waals surface area (Å²) in [7, 11) is 0. The molecular formula is C24H28F2N6O4. The number of aromatic amines is 1. The van der Waals surface area contributed by atoms with Crippen LogP contribution in [0.2, 0.25) is 0 Å². The molecule has 12 heteroatoms. The third kappa shape index (κ3) is 5.38. The van der Waals surface area contributed by atoms with Gasteiger partial charge in [0.1, 0.15) is 17.6 Å². The predicted molar refractivity (Wildman–Crippen MR) is 123 cm³/mol. The van der Waals surface area contributed by atoms with E-state index >= 15 is 0 Å². The molecule has 36 heavy (non-hydrogen) atoms. The van der Waals surface area contributed by atoms with Crippen molar-refractivity contribution in [1.29, 1.82) is 0 Å². The van der Waals surface area contributed by atoms with Gasteiger partial charge in [-0.1, -0.05) is 11.2 Å². The van der Waals surface area contributed by atoms with E-state index in [1.54, 1.807) is 6.92 Å². The van der Waals surface area contributed by atoms with Crippen LogP contribution in [0.25, 0.3) is 11.0 Å². The maximum absolute atomic E-state index is 13.0. The van der Waals surface area contributed by atoms with E-state index in [0.717, 1.165) is 30.3 Å². The predicted octanol–water partition coefficient (Wildman–Crippen LogP) is 3.35. The number of nitrogens with zero attached hydrogens (tertiary/aromatic N) is 3. The lowest BCUT2D eigenvalue weighted by Gasteiger charge is -2.34. The van der Waals surface area contributed by atoms with Crippen molar-refractivity contribution < 1.29 is 27.7 Å². The molecule has 1 saturated carbocycles. The Bertz CT molecular complexity index is 1240. The van der Waals surface area contributed by atoms with E-state index in [-0.39, 0.29) is 49.4 Å². The molecule has 1 aliphatic carbocycles. The Labute approximate surface area is 205 Å². The second-order valence-electron chi connectivity index (χ2n) is 9.64. The van der Waals surface area contributed by atoms with Crippen molar-refractivity contribution in [3.05, 3.63) is 41.0 Å². The summed E-state index contributed by atoms with van der Waals surface area (Å²) in [5, 5.41) is 13.1. The third-order valence-corrected chi connectivity index (χ3v) is 6.74. The highest BCUT2D eigenvalue weighted by atomic mass is 19.3. The van der Waals surface area contributed by atoms with Crippen molar-refractivity contribution >= 4 is 22.8 Å². The number of hydrogen-bond donors (Lipinski definition) is 3. The van der Waals surface area contributed by atoms with Crippen LogP contribution in [0.1, 0.15) is 72.1 Å². The van der Waals surface area contributed by atoms with Gasteiger partial charge >= 0.3 is 0 Å². The highest BCUT2D eigenvalue weighted by molar-refractivity contribution is 5.93. The van der Waals surface area contributed by atoms with Crippen molar-refractivity contribution in [2.75, 3.05) is 6.61 Å². The molecule has 192 valence electrons. The molecule has 0 radical (unpaired) electrons. The van der Waals surface area contributed by atoms with Gasteiger partial charge < -0.3 is 20.4 Å². The lowest BCUT2D eigenvalue weighted by atomic mass is 9.79. The maximum Gasteiger partial charge on any atom is 0.276 e. The van der Waals surface area contributed by atoms with Gasteiger partial charge in [-0.3, -0.25) is 9.59 Å². The number of carbonyl (C=O) groups is 2. The van der Waals surface area contributed by atoms with E-state index in [0.29, 0.717) is 23.6 Å². The molecule has 0 spiro atoms. The number of fused-ring (bicyclic) bond motifs is 1. The fraction of sp³-hybridized carbons (Fsp3) is 0.542. The van der Waals surface area contributed by atoms with Crippen LogP contribution in [0.4, 0.5) is 8.78 Å². The number of aromatic nitrogens is 4. The number of carbonyl (C=O) groups excluding carboxylic acids is 2. The largest absolute Gasteiger partial charge is 0.376 e. The maximum atomic E-state index is 13.0. The number of benzene rings is 1. The molecule has 2 aromatic heterocycles. The van der Waals surface area contributed by atoms with Crippen molar-refractivity contribution in [2.45, 2.75) is 70.1 Å². The fourth-order valence-electron chi connectivity index (χ4n) is 4.81. The zero-order valence-electron chi connectivity index (χ0n) is 19.9. The number of rotatable bonds is 8. The highest BCUT2D eigenvalue weighted by Gasteiger charge is 2.45. The molecule has 1 saturated heterocycles. The monoisotopic (exact) mass is 502 g/mol. The van der Waals surface area contributed by atoms with Crippen LogP contribution in [-0.4, -0.2) is 50.7 Å². The molecule has 3 heterocycles. The molecule has 3 N–H and O–H groups in total. The van der Waals surface area contributed by atoms with E-state index in [1.807, 2.05) is 18.2 Å². The first-order valence-electron chi connectivity index (χ1n) is 12.1. The zero-order valence-corrected chi connectivity index (χ0v) is 19.9. The molecule has 0 bridgehead atoms. The van der Waals surface area contributed by atoms with Crippen LogP contribution in [-0.2, 0) is 16.1 Å². The van der Waals surface area contributed by atoms with Crippen molar-refractivity contribution in [3.63, 3.8) is 0 Å². The molecule has 2 fully saturated rings. The molecule has 1 aliphatic heterocycles. The molecule has 2 atom stereocenters. The number of aryl methyl sites for hydroxylation is 1. The summed E-state index contributed by atoms with van der Waals surface area (Å²) in [6.07, 6.45) is 2.10. The minimum Gasteiger partial charge on any atom is -0.376 e. The fourth-order valence-corrected chi connectivity index (χ4v) is 4.81. The number of alkyl halides is 2. The van der Waals surface area contributed by atoms with Gasteiger partial charge in [-0.15, -0.1) is 0 Å². The molecular weight excluding hydrogens is 474 g/mol. The molecule has 2 amide bonds. The van der Waals surface area contributed by atoms with Crippen LogP contribution < -0.4 is 10.6 Å². The Morgan fingerprint density at radius 1 is 1.25 bits per heavy atom. The van der Waals surface area contributed by atoms with Crippen molar-refractivity contribution in [3.8, 4) is 0 Å².